The van der Waals surface area contributed by atoms with Gasteiger partial charge in [0.05, 0.1) is 10.8 Å². The minimum atomic E-state index is -0.373. The zero-order valence-electron chi connectivity index (χ0n) is 17.7. The van der Waals surface area contributed by atoms with Crippen molar-refractivity contribution < 1.29 is 4.74 Å². The summed E-state index contributed by atoms with van der Waals surface area (Å²) < 4.78 is 7.17. The van der Waals surface area contributed by atoms with Gasteiger partial charge < -0.3 is 4.74 Å². The fourth-order valence-corrected chi connectivity index (χ4v) is 3.67. The predicted octanol–water partition coefficient (Wildman–Crippen LogP) is 4.42. The Balaban J connectivity index is 1.83. The quantitative estimate of drug-likeness (QED) is 0.370. The largest absolute Gasteiger partial charge is 0.439 e. The van der Waals surface area contributed by atoms with E-state index in [4.69, 9.17) is 4.74 Å². The third kappa shape index (κ3) is 4.25. The van der Waals surface area contributed by atoms with Crippen LogP contribution in [0.25, 0.3) is 16.6 Å². The van der Waals surface area contributed by atoms with Crippen molar-refractivity contribution in [3.05, 3.63) is 80.4 Å². The van der Waals surface area contributed by atoms with Gasteiger partial charge in [-0.25, -0.2) is 4.98 Å². The molecule has 158 valence electrons. The molecule has 8 heteroatoms. The zero-order chi connectivity index (χ0) is 22.1. The summed E-state index contributed by atoms with van der Waals surface area (Å²) in [7, 11) is 0. The Hall–Kier alpha value is -3.39. The van der Waals surface area contributed by atoms with Gasteiger partial charge in [0, 0.05) is 6.07 Å². The summed E-state index contributed by atoms with van der Waals surface area (Å²) in [4.78, 5) is 34.3. The molecule has 0 aliphatic carbocycles. The van der Waals surface area contributed by atoms with Crippen molar-refractivity contribution in [1.82, 2.24) is 19.7 Å². The van der Waals surface area contributed by atoms with Crippen LogP contribution in [-0.4, -0.2) is 26.0 Å². The average molecular weight is 435 g/mol. The molecule has 0 saturated heterocycles. The molecule has 0 aliphatic heterocycles. The predicted molar refractivity (Wildman–Crippen MR) is 123 cm³/mol. The number of fused-ring (bicyclic) bond motifs is 1. The van der Waals surface area contributed by atoms with Gasteiger partial charge in [0.25, 0.3) is 11.1 Å². The molecule has 7 nitrogen and oxygen atoms in total. The number of hydrogen-bond donors (Lipinski definition) is 1. The van der Waals surface area contributed by atoms with Crippen molar-refractivity contribution >= 4 is 22.5 Å². The molecular weight excluding hydrogens is 412 g/mol. The number of aromatic nitrogens is 4. The highest BCUT2D eigenvalue weighted by Gasteiger charge is 2.14. The number of thioether (sulfide) groups is 1. The molecule has 0 spiro atoms. The molecule has 0 saturated carbocycles. The Morgan fingerprint density at radius 2 is 1.77 bits per heavy atom. The first-order valence-electron chi connectivity index (χ1n) is 9.82. The van der Waals surface area contributed by atoms with Gasteiger partial charge in [-0.2, -0.15) is 9.67 Å². The molecule has 31 heavy (non-hydrogen) atoms. The highest BCUT2D eigenvalue weighted by molar-refractivity contribution is 7.98. The number of hydrogen-bond acceptors (Lipinski definition) is 6. The molecule has 2 aromatic carbocycles. The van der Waals surface area contributed by atoms with Gasteiger partial charge in [0.15, 0.2) is 11.0 Å². The lowest BCUT2D eigenvalue weighted by molar-refractivity contribution is 0.453. The lowest BCUT2D eigenvalue weighted by Gasteiger charge is -2.13. The first-order valence-corrected chi connectivity index (χ1v) is 11.0. The van der Waals surface area contributed by atoms with Crippen LogP contribution in [0, 0.1) is 6.92 Å². The fourth-order valence-electron chi connectivity index (χ4n) is 3.30. The summed E-state index contributed by atoms with van der Waals surface area (Å²) in [6.45, 7) is 6.25. The third-order valence-corrected chi connectivity index (χ3v) is 5.41. The van der Waals surface area contributed by atoms with Crippen molar-refractivity contribution in [2.24, 2.45) is 0 Å². The van der Waals surface area contributed by atoms with Crippen LogP contribution in [0.4, 0.5) is 0 Å². The van der Waals surface area contributed by atoms with Crippen LogP contribution in [0.5, 0.6) is 11.6 Å². The van der Waals surface area contributed by atoms with Crippen molar-refractivity contribution in [3.8, 4) is 17.4 Å². The van der Waals surface area contributed by atoms with E-state index in [1.54, 1.807) is 30.3 Å². The second-order valence-electron chi connectivity index (χ2n) is 7.51. The molecule has 2 heterocycles. The van der Waals surface area contributed by atoms with Crippen LogP contribution in [0.2, 0.25) is 0 Å². The van der Waals surface area contributed by atoms with Crippen molar-refractivity contribution in [2.45, 2.75) is 31.8 Å². The normalized spacial score (nSPS) is 11.3. The minimum Gasteiger partial charge on any atom is -0.439 e. The fraction of sp³-hybridized carbons (Fsp3) is 0.217. The van der Waals surface area contributed by atoms with E-state index >= 15 is 0 Å². The van der Waals surface area contributed by atoms with Crippen LogP contribution >= 0.6 is 11.8 Å². The SMILES string of the molecule is CSc1nc(Oc2cc(C)cc(C(C)C)c2)cc(-n2[nH]c(=O)c3ccccc3c2=O)n1. The molecule has 0 fully saturated rings. The van der Waals surface area contributed by atoms with Crippen LogP contribution in [-0.2, 0) is 0 Å². The topological polar surface area (TPSA) is 89.9 Å². The number of aromatic amines is 1. The van der Waals surface area contributed by atoms with Gasteiger partial charge in [-0.3, -0.25) is 14.7 Å². The lowest BCUT2D eigenvalue weighted by Crippen LogP contribution is -2.29. The van der Waals surface area contributed by atoms with Crippen LogP contribution in [0.15, 0.2) is 63.3 Å². The van der Waals surface area contributed by atoms with Gasteiger partial charge in [-0.15, -0.1) is 0 Å². The zero-order valence-corrected chi connectivity index (χ0v) is 18.5. The van der Waals surface area contributed by atoms with Gasteiger partial charge in [-0.05, 0) is 54.5 Å². The molecule has 0 bridgehead atoms. The van der Waals surface area contributed by atoms with Gasteiger partial charge in [-0.1, -0.05) is 43.8 Å². The Bertz CT molecular complexity index is 1390. The van der Waals surface area contributed by atoms with E-state index in [1.807, 2.05) is 25.3 Å². The second kappa shape index (κ2) is 8.39. The number of aryl methyl sites for hydroxylation is 1. The van der Waals surface area contributed by atoms with Crippen molar-refractivity contribution in [3.63, 3.8) is 0 Å². The number of ether oxygens (including phenoxy) is 1. The first-order chi connectivity index (χ1) is 14.9. The molecule has 1 N–H and O–H groups in total. The standard InChI is InChI=1S/C23H22N4O3S/c1-13(2)15-9-14(3)10-16(11-15)30-20-12-19(24-23(25-20)31-4)27-22(29)18-8-6-5-7-17(18)21(28)26-27/h5-13H,1-4H3,(H,26,28). The summed E-state index contributed by atoms with van der Waals surface area (Å²) in [6.07, 6.45) is 1.83. The highest BCUT2D eigenvalue weighted by Crippen LogP contribution is 2.27. The molecule has 4 aromatic rings. The van der Waals surface area contributed by atoms with Gasteiger partial charge in [0.1, 0.15) is 5.75 Å². The Morgan fingerprint density at radius 1 is 1.03 bits per heavy atom. The van der Waals surface area contributed by atoms with E-state index in [0.29, 0.717) is 27.6 Å². The number of rotatable bonds is 5. The van der Waals surface area contributed by atoms with E-state index in [1.165, 1.54) is 11.8 Å². The van der Waals surface area contributed by atoms with E-state index in [9.17, 15) is 9.59 Å². The monoisotopic (exact) mass is 434 g/mol. The van der Waals surface area contributed by atoms with Gasteiger partial charge >= 0.3 is 0 Å². The van der Waals surface area contributed by atoms with E-state index in [2.05, 4.69) is 35.0 Å². The average Bonchev–Trinajstić information content (AvgIpc) is 2.75. The van der Waals surface area contributed by atoms with Crippen LogP contribution in [0.1, 0.15) is 30.9 Å². The molecule has 0 aliphatic rings. The summed E-state index contributed by atoms with van der Waals surface area (Å²) in [5, 5.41) is 3.68. The maximum atomic E-state index is 13.0. The van der Waals surface area contributed by atoms with Gasteiger partial charge in [0.2, 0.25) is 5.88 Å². The Morgan fingerprint density at radius 3 is 2.48 bits per heavy atom. The number of benzene rings is 2. The molecule has 4 rings (SSSR count). The minimum absolute atomic E-state index is 0.235. The first kappa shape index (κ1) is 20.9. The summed E-state index contributed by atoms with van der Waals surface area (Å²) in [6, 6.07) is 14.2. The van der Waals surface area contributed by atoms with Crippen LogP contribution < -0.4 is 15.9 Å². The molecular formula is C23H22N4O3S. The number of nitrogens with zero attached hydrogens (tertiary/aromatic N) is 3. The van der Waals surface area contributed by atoms with Crippen LogP contribution in [0.3, 0.4) is 0 Å². The molecule has 0 radical (unpaired) electrons. The van der Waals surface area contributed by atoms with E-state index in [-0.39, 0.29) is 22.8 Å². The lowest BCUT2D eigenvalue weighted by atomic mass is 10.0. The summed E-state index contributed by atoms with van der Waals surface area (Å²) >= 11 is 1.32. The smallest absolute Gasteiger partial charge is 0.279 e. The van der Waals surface area contributed by atoms with Crippen molar-refractivity contribution in [2.75, 3.05) is 6.26 Å². The maximum Gasteiger partial charge on any atom is 0.279 e. The Labute approximate surface area is 183 Å². The molecule has 0 unspecified atom stereocenters. The molecule has 2 aromatic heterocycles. The number of H-pyrrole nitrogens is 1. The number of nitrogens with one attached hydrogen (secondary N) is 1. The molecule has 0 atom stereocenters. The van der Waals surface area contributed by atoms with E-state index < -0.39 is 0 Å². The second-order valence-corrected chi connectivity index (χ2v) is 8.29. The summed E-state index contributed by atoms with van der Waals surface area (Å²) in [5.74, 6) is 1.53. The van der Waals surface area contributed by atoms with Crippen molar-refractivity contribution in [1.29, 1.82) is 0 Å². The summed E-state index contributed by atoms with van der Waals surface area (Å²) in [5.41, 5.74) is 1.49. The van der Waals surface area contributed by atoms with E-state index in [0.717, 1.165) is 15.8 Å². The highest BCUT2D eigenvalue weighted by atomic mass is 32.2. The maximum absolute atomic E-state index is 13.0. The third-order valence-electron chi connectivity index (χ3n) is 4.86. The Kier molecular flexibility index (Phi) is 5.65. The molecule has 0 amide bonds.